The molecule has 0 aromatic heterocycles. The molecule has 0 radical (unpaired) electrons. The Hall–Kier alpha value is -2.55. The van der Waals surface area contributed by atoms with Gasteiger partial charge in [-0.1, -0.05) is 46.9 Å². The molecule has 2 aromatic carbocycles. The Balaban J connectivity index is 1.36. The van der Waals surface area contributed by atoms with E-state index < -0.39 is 0 Å². The molecule has 2 aliphatic heterocycles. The molecule has 4 rings (SSSR count). The number of imide groups is 2. The summed E-state index contributed by atoms with van der Waals surface area (Å²) in [5.41, 5.74) is 1.81. The SMILES string of the molecule is O=C1c2ccccc2C(=O)N1CCC(CI)CCN1C(=O)c2ccccc2C1=O. The zero-order valence-corrected chi connectivity index (χ0v) is 17.8. The fourth-order valence-electron chi connectivity index (χ4n) is 3.81. The maximum Gasteiger partial charge on any atom is 0.261 e. The average Bonchev–Trinajstić information content (AvgIpc) is 3.14. The summed E-state index contributed by atoms with van der Waals surface area (Å²) in [5.74, 6) is -0.822. The van der Waals surface area contributed by atoms with Gasteiger partial charge in [0.05, 0.1) is 22.3 Å². The number of carbonyl (C=O) groups excluding carboxylic acids is 4. The second kappa shape index (κ2) is 8.06. The maximum atomic E-state index is 12.5. The summed E-state index contributed by atoms with van der Waals surface area (Å²) in [6, 6.07) is 13.7. The smallest absolute Gasteiger partial charge is 0.261 e. The molecule has 0 spiro atoms. The third-order valence-corrected chi connectivity index (χ3v) is 6.74. The molecule has 0 unspecified atom stereocenters. The number of halogens is 1. The molecular weight excluding hydrogens is 483 g/mol. The van der Waals surface area contributed by atoms with Crippen molar-refractivity contribution in [2.45, 2.75) is 12.8 Å². The van der Waals surface area contributed by atoms with Crippen LogP contribution in [0.25, 0.3) is 0 Å². The molecule has 0 aliphatic carbocycles. The summed E-state index contributed by atoms with van der Waals surface area (Å²) in [7, 11) is 0. The lowest BCUT2D eigenvalue weighted by Gasteiger charge is -2.21. The highest BCUT2D eigenvalue weighted by Gasteiger charge is 2.36. The predicted octanol–water partition coefficient (Wildman–Crippen LogP) is 3.41. The summed E-state index contributed by atoms with van der Waals surface area (Å²) in [5, 5.41) is 0. The molecule has 0 bridgehead atoms. The molecule has 0 fully saturated rings. The van der Waals surface area contributed by atoms with Crippen LogP contribution in [0.3, 0.4) is 0 Å². The molecule has 2 aliphatic rings. The first-order valence-corrected chi connectivity index (χ1v) is 11.0. The van der Waals surface area contributed by atoms with Crippen LogP contribution in [-0.4, -0.2) is 50.9 Å². The van der Waals surface area contributed by atoms with Crippen LogP contribution < -0.4 is 0 Å². The van der Waals surface area contributed by atoms with E-state index in [-0.39, 0.29) is 29.5 Å². The lowest BCUT2D eigenvalue weighted by Crippen LogP contribution is -2.34. The van der Waals surface area contributed by atoms with E-state index in [4.69, 9.17) is 0 Å². The van der Waals surface area contributed by atoms with Crippen LogP contribution in [0.1, 0.15) is 54.3 Å². The van der Waals surface area contributed by atoms with Crippen LogP contribution in [0.2, 0.25) is 0 Å². The Morgan fingerprint density at radius 3 is 1.21 bits per heavy atom. The molecule has 0 saturated carbocycles. The van der Waals surface area contributed by atoms with Crippen LogP contribution >= 0.6 is 22.6 Å². The quantitative estimate of drug-likeness (QED) is 0.331. The number of carbonyl (C=O) groups is 4. The highest BCUT2D eigenvalue weighted by atomic mass is 127. The summed E-state index contributed by atoms with van der Waals surface area (Å²) < 4.78 is 0.810. The Kier molecular flexibility index (Phi) is 5.49. The van der Waals surface area contributed by atoms with Crippen molar-refractivity contribution in [3.8, 4) is 0 Å². The zero-order chi connectivity index (χ0) is 20.5. The summed E-state index contributed by atoms with van der Waals surface area (Å²) in [6.07, 6.45) is 1.27. The van der Waals surface area contributed by atoms with E-state index in [2.05, 4.69) is 22.6 Å². The van der Waals surface area contributed by atoms with Gasteiger partial charge in [-0.05, 0) is 43.0 Å². The molecule has 0 N–H and O–H groups in total. The van der Waals surface area contributed by atoms with Gasteiger partial charge in [0.25, 0.3) is 23.6 Å². The number of alkyl halides is 1. The first kappa shape index (κ1) is 19.8. The van der Waals surface area contributed by atoms with Gasteiger partial charge < -0.3 is 0 Å². The van der Waals surface area contributed by atoms with E-state index in [1.807, 2.05) is 0 Å². The fraction of sp³-hybridized carbons (Fsp3) is 0.273. The number of nitrogens with zero attached hydrogens (tertiary/aromatic N) is 2. The minimum absolute atomic E-state index is 0.184. The highest BCUT2D eigenvalue weighted by Crippen LogP contribution is 2.26. The monoisotopic (exact) mass is 502 g/mol. The van der Waals surface area contributed by atoms with Crippen LogP contribution in [0.15, 0.2) is 48.5 Å². The topological polar surface area (TPSA) is 74.8 Å². The number of benzene rings is 2. The first-order chi connectivity index (χ1) is 14.0. The third-order valence-electron chi connectivity index (χ3n) is 5.50. The second-order valence-corrected chi connectivity index (χ2v) is 8.09. The van der Waals surface area contributed by atoms with E-state index in [1.54, 1.807) is 48.5 Å². The number of rotatable bonds is 7. The molecule has 29 heavy (non-hydrogen) atoms. The molecule has 148 valence electrons. The number of fused-ring (bicyclic) bond motifs is 2. The van der Waals surface area contributed by atoms with Gasteiger partial charge in [-0.2, -0.15) is 0 Å². The third kappa shape index (κ3) is 3.48. The van der Waals surface area contributed by atoms with E-state index in [0.29, 0.717) is 48.2 Å². The normalized spacial score (nSPS) is 15.5. The summed E-state index contributed by atoms with van der Waals surface area (Å²) in [4.78, 5) is 52.6. The summed E-state index contributed by atoms with van der Waals surface area (Å²) in [6.45, 7) is 0.671. The average molecular weight is 502 g/mol. The van der Waals surface area contributed by atoms with Gasteiger partial charge in [0, 0.05) is 17.5 Å². The minimum atomic E-state index is -0.252. The van der Waals surface area contributed by atoms with Crippen molar-refractivity contribution < 1.29 is 19.2 Å². The van der Waals surface area contributed by atoms with E-state index >= 15 is 0 Å². The first-order valence-electron chi connectivity index (χ1n) is 9.49. The molecule has 6 nitrogen and oxygen atoms in total. The van der Waals surface area contributed by atoms with Crippen molar-refractivity contribution in [1.29, 1.82) is 0 Å². The van der Waals surface area contributed by atoms with Crippen LogP contribution in [0.5, 0.6) is 0 Å². The van der Waals surface area contributed by atoms with Gasteiger partial charge in [0.1, 0.15) is 0 Å². The molecule has 4 amide bonds. The molecule has 7 heteroatoms. The molecule has 0 saturated heterocycles. The summed E-state index contributed by atoms with van der Waals surface area (Å²) >= 11 is 2.27. The molecule has 2 heterocycles. The lowest BCUT2D eigenvalue weighted by molar-refractivity contribution is 0.0646. The number of hydrogen-bond donors (Lipinski definition) is 0. The van der Waals surface area contributed by atoms with E-state index in [0.717, 1.165) is 4.43 Å². The van der Waals surface area contributed by atoms with Crippen LogP contribution in [-0.2, 0) is 0 Å². The van der Waals surface area contributed by atoms with Crippen LogP contribution in [0.4, 0.5) is 0 Å². The minimum Gasteiger partial charge on any atom is -0.274 e. The van der Waals surface area contributed by atoms with Crippen molar-refractivity contribution in [3.05, 3.63) is 70.8 Å². The number of amides is 4. The fourth-order valence-corrected chi connectivity index (χ4v) is 4.69. The Labute approximate surface area is 182 Å². The van der Waals surface area contributed by atoms with Crippen molar-refractivity contribution in [2.75, 3.05) is 17.5 Å². The second-order valence-electron chi connectivity index (χ2n) is 7.21. The van der Waals surface area contributed by atoms with E-state index in [9.17, 15) is 19.2 Å². The predicted molar refractivity (Wildman–Crippen MR) is 115 cm³/mol. The maximum absolute atomic E-state index is 12.5. The van der Waals surface area contributed by atoms with Crippen LogP contribution in [0, 0.1) is 5.92 Å². The Morgan fingerprint density at radius 2 is 0.931 bits per heavy atom. The van der Waals surface area contributed by atoms with Gasteiger partial charge in [-0.25, -0.2) is 0 Å². The van der Waals surface area contributed by atoms with Crippen molar-refractivity contribution >= 4 is 46.2 Å². The largest absolute Gasteiger partial charge is 0.274 e. The Morgan fingerprint density at radius 1 is 0.621 bits per heavy atom. The van der Waals surface area contributed by atoms with Gasteiger partial charge in [0.2, 0.25) is 0 Å². The van der Waals surface area contributed by atoms with Gasteiger partial charge >= 0.3 is 0 Å². The van der Waals surface area contributed by atoms with Crippen molar-refractivity contribution in [3.63, 3.8) is 0 Å². The van der Waals surface area contributed by atoms with E-state index in [1.165, 1.54) is 9.80 Å². The highest BCUT2D eigenvalue weighted by molar-refractivity contribution is 14.1. The van der Waals surface area contributed by atoms with Crippen molar-refractivity contribution in [1.82, 2.24) is 9.80 Å². The molecule has 0 atom stereocenters. The van der Waals surface area contributed by atoms with Gasteiger partial charge in [-0.15, -0.1) is 0 Å². The standard InChI is InChI=1S/C22H19IN2O4/c23-13-14(9-11-24-19(26)15-5-1-2-6-16(15)20(24)27)10-12-25-21(28)17-7-3-4-8-18(17)22(25)29/h1-8,14H,9-13H2. The lowest BCUT2D eigenvalue weighted by atomic mass is 10.0. The number of hydrogen-bond acceptors (Lipinski definition) is 4. The zero-order valence-electron chi connectivity index (χ0n) is 15.6. The Bertz CT molecular complexity index is 870. The molecule has 2 aromatic rings. The van der Waals surface area contributed by atoms with Gasteiger partial charge in [0.15, 0.2) is 0 Å². The van der Waals surface area contributed by atoms with Crippen molar-refractivity contribution in [2.24, 2.45) is 5.92 Å². The molecular formula is C22H19IN2O4. The van der Waals surface area contributed by atoms with Gasteiger partial charge in [-0.3, -0.25) is 29.0 Å².